The lowest BCUT2D eigenvalue weighted by molar-refractivity contribution is -0.122. The van der Waals surface area contributed by atoms with Gasteiger partial charge in [0.25, 0.3) is 0 Å². The normalized spacial score (nSPS) is 16.1. The molecule has 1 heterocycles. The number of methoxy groups -OCH3 is 2. The van der Waals surface area contributed by atoms with Gasteiger partial charge in [-0.3, -0.25) is 9.59 Å². The van der Waals surface area contributed by atoms with E-state index in [2.05, 4.69) is 5.32 Å². The molecule has 2 aromatic rings. The van der Waals surface area contributed by atoms with E-state index in [4.69, 9.17) is 14.2 Å². The number of nitrogens with zero attached hydrogens (tertiary/aromatic N) is 1. The molecule has 2 aromatic carbocycles. The number of anilines is 2. The first-order valence-corrected chi connectivity index (χ1v) is 9.52. The maximum atomic E-state index is 12.9. The van der Waals surface area contributed by atoms with E-state index in [-0.39, 0.29) is 30.9 Å². The van der Waals surface area contributed by atoms with Crippen LogP contribution in [0.1, 0.15) is 20.3 Å². The van der Waals surface area contributed by atoms with Crippen LogP contribution in [0.3, 0.4) is 0 Å². The fourth-order valence-corrected chi connectivity index (χ4v) is 3.29. The molecule has 7 nitrogen and oxygen atoms in total. The van der Waals surface area contributed by atoms with Crippen LogP contribution in [0.4, 0.5) is 11.4 Å². The second kappa shape index (κ2) is 8.86. The number of carbonyl (C=O) groups excluding carboxylic acids is 2. The number of amides is 2. The minimum Gasteiger partial charge on any atom is -0.497 e. The van der Waals surface area contributed by atoms with E-state index in [9.17, 15) is 9.59 Å². The van der Waals surface area contributed by atoms with E-state index < -0.39 is 5.92 Å². The highest BCUT2D eigenvalue weighted by Gasteiger charge is 2.36. The lowest BCUT2D eigenvalue weighted by Crippen LogP contribution is -2.28. The van der Waals surface area contributed by atoms with Gasteiger partial charge in [0.15, 0.2) is 0 Å². The number of hydrogen-bond acceptors (Lipinski definition) is 5. The summed E-state index contributed by atoms with van der Waals surface area (Å²) in [6.45, 7) is 4.11. The predicted molar refractivity (Wildman–Crippen MR) is 111 cm³/mol. The molecular weight excluding hydrogens is 372 g/mol. The summed E-state index contributed by atoms with van der Waals surface area (Å²) in [5.41, 5.74) is 1.19. The van der Waals surface area contributed by atoms with Crippen LogP contribution >= 0.6 is 0 Å². The number of nitrogens with one attached hydrogen (secondary N) is 1. The molecule has 154 valence electrons. The third-order valence-corrected chi connectivity index (χ3v) is 4.68. The van der Waals surface area contributed by atoms with Gasteiger partial charge in [0, 0.05) is 19.0 Å². The lowest BCUT2D eigenvalue weighted by atomic mass is 10.1. The van der Waals surface area contributed by atoms with Crippen LogP contribution in [0.2, 0.25) is 0 Å². The van der Waals surface area contributed by atoms with Crippen LogP contribution < -0.4 is 24.4 Å². The molecule has 0 bridgehead atoms. The van der Waals surface area contributed by atoms with E-state index in [0.717, 1.165) is 0 Å². The topological polar surface area (TPSA) is 77.1 Å². The van der Waals surface area contributed by atoms with Gasteiger partial charge in [-0.1, -0.05) is 12.1 Å². The molecule has 2 amide bonds. The Morgan fingerprint density at radius 1 is 1.10 bits per heavy atom. The van der Waals surface area contributed by atoms with Crippen molar-refractivity contribution in [2.24, 2.45) is 5.92 Å². The number of para-hydroxylation sites is 2. The second-order valence-corrected chi connectivity index (χ2v) is 7.10. The molecule has 0 saturated carbocycles. The van der Waals surface area contributed by atoms with Gasteiger partial charge in [-0.05, 0) is 38.1 Å². The molecule has 3 rings (SSSR count). The van der Waals surface area contributed by atoms with Gasteiger partial charge >= 0.3 is 0 Å². The number of ether oxygens (including phenoxy) is 3. The van der Waals surface area contributed by atoms with E-state index in [1.54, 1.807) is 43.4 Å². The number of benzene rings is 2. The van der Waals surface area contributed by atoms with Crippen LogP contribution in [0.5, 0.6) is 17.2 Å². The third kappa shape index (κ3) is 4.62. The van der Waals surface area contributed by atoms with Crippen molar-refractivity contribution in [2.75, 3.05) is 31.0 Å². The van der Waals surface area contributed by atoms with Crippen molar-refractivity contribution >= 4 is 23.2 Å². The maximum Gasteiger partial charge on any atom is 0.229 e. The molecule has 1 aliphatic rings. The second-order valence-electron chi connectivity index (χ2n) is 7.10. The number of carbonyl (C=O) groups is 2. The van der Waals surface area contributed by atoms with Crippen molar-refractivity contribution in [1.29, 1.82) is 0 Å². The van der Waals surface area contributed by atoms with Gasteiger partial charge in [-0.2, -0.15) is 0 Å². The summed E-state index contributed by atoms with van der Waals surface area (Å²) >= 11 is 0. The molecule has 29 heavy (non-hydrogen) atoms. The van der Waals surface area contributed by atoms with Crippen LogP contribution in [-0.2, 0) is 9.59 Å². The van der Waals surface area contributed by atoms with Gasteiger partial charge in [0.05, 0.1) is 37.6 Å². The molecule has 0 spiro atoms. The molecular formula is C22H26N2O5. The highest BCUT2D eigenvalue weighted by Crippen LogP contribution is 2.36. The fraction of sp³-hybridized carbons (Fsp3) is 0.364. The highest BCUT2D eigenvalue weighted by molar-refractivity contribution is 6.04. The zero-order valence-electron chi connectivity index (χ0n) is 17.1. The van der Waals surface area contributed by atoms with Crippen molar-refractivity contribution in [2.45, 2.75) is 26.4 Å². The number of hydrogen-bond donors (Lipinski definition) is 1. The molecule has 7 heteroatoms. The molecule has 0 aliphatic carbocycles. The predicted octanol–water partition coefficient (Wildman–Crippen LogP) is 3.48. The van der Waals surface area contributed by atoms with Gasteiger partial charge in [0.2, 0.25) is 11.8 Å². The Morgan fingerprint density at radius 2 is 1.86 bits per heavy atom. The van der Waals surface area contributed by atoms with Crippen molar-refractivity contribution in [3.63, 3.8) is 0 Å². The molecule has 1 unspecified atom stereocenters. The van der Waals surface area contributed by atoms with E-state index in [1.165, 1.54) is 0 Å². The number of rotatable bonds is 7. The summed E-state index contributed by atoms with van der Waals surface area (Å²) in [4.78, 5) is 27.1. The molecule has 1 fully saturated rings. The van der Waals surface area contributed by atoms with Crippen LogP contribution in [0.15, 0.2) is 42.5 Å². The fourth-order valence-electron chi connectivity index (χ4n) is 3.29. The molecule has 1 atom stereocenters. The summed E-state index contributed by atoms with van der Waals surface area (Å²) in [5.74, 6) is 0.931. The highest BCUT2D eigenvalue weighted by atomic mass is 16.5. The van der Waals surface area contributed by atoms with Crippen molar-refractivity contribution in [3.05, 3.63) is 42.5 Å². The van der Waals surface area contributed by atoms with E-state index >= 15 is 0 Å². The first-order chi connectivity index (χ1) is 13.9. The summed E-state index contributed by atoms with van der Waals surface area (Å²) in [5, 5.41) is 2.90. The molecule has 0 radical (unpaired) electrons. The Hall–Kier alpha value is -3.22. The SMILES string of the molecule is COc1ccc(OC)c(N2CC(C(=O)Nc3ccccc3OC(C)C)CC2=O)c1. The minimum atomic E-state index is -0.481. The summed E-state index contributed by atoms with van der Waals surface area (Å²) in [6.07, 6.45) is 0.108. The maximum absolute atomic E-state index is 12.9. The zero-order valence-corrected chi connectivity index (χ0v) is 17.1. The van der Waals surface area contributed by atoms with Crippen molar-refractivity contribution in [3.8, 4) is 17.2 Å². The third-order valence-electron chi connectivity index (χ3n) is 4.68. The molecule has 1 aliphatic heterocycles. The average Bonchev–Trinajstić information content (AvgIpc) is 3.10. The van der Waals surface area contributed by atoms with Gasteiger partial charge in [0.1, 0.15) is 17.2 Å². The van der Waals surface area contributed by atoms with Crippen molar-refractivity contribution < 1.29 is 23.8 Å². The van der Waals surface area contributed by atoms with Gasteiger partial charge in [-0.15, -0.1) is 0 Å². The van der Waals surface area contributed by atoms with Crippen molar-refractivity contribution in [1.82, 2.24) is 0 Å². The van der Waals surface area contributed by atoms with Crippen LogP contribution in [-0.4, -0.2) is 38.7 Å². The first-order valence-electron chi connectivity index (χ1n) is 9.52. The summed E-state index contributed by atoms with van der Waals surface area (Å²) < 4.78 is 16.4. The van der Waals surface area contributed by atoms with Gasteiger partial charge < -0.3 is 24.4 Å². The molecule has 1 saturated heterocycles. The monoisotopic (exact) mass is 398 g/mol. The Kier molecular flexibility index (Phi) is 6.26. The van der Waals surface area contributed by atoms with Gasteiger partial charge in [-0.25, -0.2) is 0 Å². The molecule has 1 N–H and O–H groups in total. The lowest BCUT2D eigenvalue weighted by Gasteiger charge is -2.20. The Balaban J connectivity index is 1.77. The Morgan fingerprint density at radius 3 is 2.55 bits per heavy atom. The Bertz CT molecular complexity index is 897. The minimum absolute atomic E-state index is 0.0165. The quantitative estimate of drug-likeness (QED) is 0.773. The van der Waals surface area contributed by atoms with E-state index in [1.807, 2.05) is 32.0 Å². The zero-order chi connectivity index (χ0) is 21.0. The summed E-state index contributed by atoms with van der Waals surface area (Å²) in [7, 11) is 3.10. The Labute approximate surface area is 170 Å². The molecule has 0 aromatic heterocycles. The van der Waals surface area contributed by atoms with E-state index in [0.29, 0.717) is 28.6 Å². The first kappa shape index (κ1) is 20.5. The summed E-state index contributed by atoms with van der Waals surface area (Å²) in [6, 6.07) is 12.5. The average molecular weight is 398 g/mol. The smallest absolute Gasteiger partial charge is 0.229 e. The standard InChI is InChI=1S/C22H26N2O5/c1-14(2)29-19-8-6-5-7-17(19)23-22(26)15-11-21(25)24(13-15)18-12-16(27-3)9-10-20(18)28-4/h5-10,12,14-15H,11,13H2,1-4H3,(H,23,26). The van der Waals surface area contributed by atoms with Crippen LogP contribution in [0, 0.1) is 5.92 Å². The van der Waals surface area contributed by atoms with Crippen LogP contribution in [0.25, 0.3) is 0 Å². The largest absolute Gasteiger partial charge is 0.497 e.